The highest BCUT2D eigenvalue weighted by atomic mass is 32.1. The number of ether oxygens (including phenoxy) is 1. The van der Waals surface area contributed by atoms with Crippen molar-refractivity contribution in [2.45, 2.75) is 25.8 Å². The number of rotatable bonds is 8. The maximum Gasteiger partial charge on any atom is 0.243 e. The molecule has 0 spiro atoms. The summed E-state index contributed by atoms with van der Waals surface area (Å²) in [7, 11) is 1.61. The van der Waals surface area contributed by atoms with Crippen molar-refractivity contribution in [2.75, 3.05) is 18.6 Å². The van der Waals surface area contributed by atoms with Crippen LogP contribution in [-0.2, 0) is 16.1 Å². The fourth-order valence-corrected chi connectivity index (χ4v) is 4.29. The number of carbonyl (C=O) groups is 2. The average Bonchev–Trinajstić information content (AvgIpc) is 3.54. The van der Waals surface area contributed by atoms with Crippen LogP contribution in [0.15, 0.2) is 77.2 Å². The molecule has 0 radical (unpaired) electrons. The number of methoxy groups -OCH3 is 1. The van der Waals surface area contributed by atoms with E-state index in [0.717, 1.165) is 34.0 Å². The molecule has 0 N–H and O–H groups in total. The molecule has 32 heavy (non-hydrogen) atoms. The monoisotopic (exact) mass is 447 g/mol. The minimum Gasteiger partial charge on any atom is -0.497 e. The Morgan fingerprint density at radius 2 is 1.81 bits per heavy atom. The fourth-order valence-electron chi connectivity index (χ4n) is 3.59. The van der Waals surface area contributed by atoms with Gasteiger partial charge in [-0.2, -0.15) is 5.10 Å². The Balaban J connectivity index is 1.41. The zero-order valence-electron chi connectivity index (χ0n) is 17.9. The first-order valence-corrected chi connectivity index (χ1v) is 11.4. The van der Waals surface area contributed by atoms with Gasteiger partial charge in [-0.15, -0.1) is 11.3 Å². The minimum absolute atomic E-state index is 0.0941. The number of hydrazone groups is 1. The van der Waals surface area contributed by atoms with Gasteiger partial charge < -0.3 is 9.64 Å². The number of benzene rings is 2. The normalized spacial score (nSPS) is 13.0. The van der Waals surface area contributed by atoms with Gasteiger partial charge in [-0.1, -0.05) is 36.4 Å². The summed E-state index contributed by atoms with van der Waals surface area (Å²) in [5, 5.41) is 7.97. The minimum atomic E-state index is -0.130. The molecule has 3 aromatic rings. The molecule has 0 atom stereocenters. The molecule has 0 aliphatic carbocycles. The Bertz CT molecular complexity index is 1080. The van der Waals surface area contributed by atoms with Crippen LogP contribution in [0.5, 0.6) is 5.75 Å². The van der Waals surface area contributed by atoms with Crippen LogP contribution in [0, 0.1) is 0 Å². The van der Waals surface area contributed by atoms with Crippen molar-refractivity contribution in [2.24, 2.45) is 5.10 Å². The second-order valence-corrected chi connectivity index (χ2v) is 8.47. The summed E-state index contributed by atoms with van der Waals surface area (Å²) in [6, 6.07) is 21.2. The van der Waals surface area contributed by atoms with Crippen LogP contribution in [0.2, 0.25) is 0 Å². The third-order valence-electron chi connectivity index (χ3n) is 5.33. The van der Waals surface area contributed by atoms with E-state index in [1.54, 1.807) is 23.3 Å². The van der Waals surface area contributed by atoms with Crippen molar-refractivity contribution in [1.82, 2.24) is 5.01 Å². The summed E-state index contributed by atoms with van der Waals surface area (Å²) in [5.41, 5.74) is 2.71. The summed E-state index contributed by atoms with van der Waals surface area (Å²) >= 11 is 1.60. The number of nitrogens with zero attached hydrogens (tertiary/aromatic N) is 3. The van der Waals surface area contributed by atoms with Crippen LogP contribution >= 0.6 is 11.3 Å². The van der Waals surface area contributed by atoms with Gasteiger partial charge in [0.2, 0.25) is 11.8 Å². The topological polar surface area (TPSA) is 62.2 Å². The molecule has 1 aliphatic rings. The Morgan fingerprint density at radius 1 is 1.03 bits per heavy atom. The Hall–Kier alpha value is -3.45. The Kier molecular flexibility index (Phi) is 6.97. The molecule has 1 aliphatic heterocycles. The zero-order chi connectivity index (χ0) is 22.3. The van der Waals surface area contributed by atoms with E-state index in [1.165, 1.54) is 5.01 Å². The number of amides is 2. The van der Waals surface area contributed by atoms with Crippen molar-refractivity contribution in [3.05, 3.63) is 82.6 Å². The van der Waals surface area contributed by atoms with Crippen LogP contribution in [0.1, 0.15) is 29.7 Å². The van der Waals surface area contributed by atoms with Crippen molar-refractivity contribution in [3.63, 3.8) is 0 Å². The second kappa shape index (κ2) is 10.2. The molecule has 0 saturated carbocycles. The van der Waals surface area contributed by atoms with Crippen LogP contribution in [0.25, 0.3) is 0 Å². The van der Waals surface area contributed by atoms with Gasteiger partial charge in [-0.25, -0.2) is 5.01 Å². The fraction of sp³-hybridized carbons (Fsp3) is 0.240. The molecule has 0 fully saturated rings. The Morgan fingerprint density at radius 3 is 2.50 bits per heavy atom. The molecule has 0 saturated heterocycles. The highest BCUT2D eigenvalue weighted by molar-refractivity contribution is 7.09. The van der Waals surface area contributed by atoms with Crippen molar-refractivity contribution < 1.29 is 14.3 Å². The van der Waals surface area contributed by atoms with Gasteiger partial charge in [0.25, 0.3) is 0 Å². The summed E-state index contributed by atoms with van der Waals surface area (Å²) in [6.07, 6.45) is 0.977. The number of thiophene rings is 1. The number of carbonyl (C=O) groups excluding carboxylic acids is 2. The standard InChI is InChI=1S/C25H25N3O3S/c1-31-21-11-9-20(10-12-21)27(18-22-8-5-17-32-22)24(29)13-14-25(30)28-16-15-23(26-28)19-6-3-2-4-7-19/h2-12,17H,13-16,18H2,1H3. The molecule has 7 heteroatoms. The SMILES string of the molecule is COc1ccc(N(Cc2cccs2)C(=O)CCC(=O)N2CCC(c3ccccc3)=N2)cc1. The molecule has 0 bridgehead atoms. The third kappa shape index (κ3) is 5.23. The number of anilines is 1. The molecule has 164 valence electrons. The third-order valence-corrected chi connectivity index (χ3v) is 6.19. The molecule has 0 unspecified atom stereocenters. The van der Waals surface area contributed by atoms with Crippen LogP contribution in [0.3, 0.4) is 0 Å². The highest BCUT2D eigenvalue weighted by Gasteiger charge is 2.24. The van der Waals surface area contributed by atoms with Gasteiger partial charge >= 0.3 is 0 Å². The van der Waals surface area contributed by atoms with E-state index in [1.807, 2.05) is 72.1 Å². The van der Waals surface area contributed by atoms with Gasteiger partial charge in [0.05, 0.1) is 25.9 Å². The van der Waals surface area contributed by atoms with Crippen molar-refractivity contribution >= 4 is 34.6 Å². The van der Waals surface area contributed by atoms with E-state index in [0.29, 0.717) is 13.1 Å². The van der Waals surface area contributed by atoms with E-state index < -0.39 is 0 Å². The van der Waals surface area contributed by atoms with Gasteiger partial charge in [0.1, 0.15) is 5.75 Å². The predicted octanol–water partition coefficient (Wildman–Crippen LogP) is 4.71. The van der Waals surface area contributed by atoms with E-state index in [9.17, 15) is 9.59 Å². The quantitative estimate of drug-likeness (QED) is 0.503. The lowest BCUT2D eigenvalue weighted by atomic mass is 10.1. The maximum absolute atomic E-state index is 13.1. The van der Waals surface area contributed by atoms with Crippen molar-refractivity contribution in [3.8, 4) is 5.75 Å². The van der Waals surface area contributed by atoms with E-state index in [4.69, 9.17) is 4.74 Å². The lowest BCUT2D eigenvalue weighted by molar-refractivity contribution is -0.132. The predicted molar refractivity (Wildman–Crippen MR) is 127 cm³/mol. The van der Waals surface area contributed by atoms with E-state index in [-0.39, 0.29) is 24.7 Å². The lowest BCUT2D eigenvalue weighted by Crippen LogP contribution is -2.32. The summed E-state index contributed by atoms with van der Waals surface area (Å²) in [5.74, 6) is 0.507. The molecule has 4 rings (SSSR count). The van der Waals surface area contributed by atoms with E-state index in [2.05, 4.69) is 5.10 Å². The van der Waals surface area contributed by atoms with Gasteiger partial charge in [0.15, 0.2) is 0 Å². The molecule has 6 nitrogen and oxygen atoms in total. The number of hydrogen-bond acceptors (Lipinski definition) is 5. The molecular weight excluding hydrogens is 422 g/mol. The van der Waals surface area contributed by atoms with Gasteiger partial charge in [-0.3, -0.25) is 9.59 Å². The smallest absolute Gasteiger partial charge is 0.243 e. The first-order chi connectivity index (χ1) is 15.6. The molecule has 2 amide bonds. The second-order valence-electron chi connectivity index (χ2n) is 7.44. The average molecular weight is 448 g/mol. The van der Waals surface area contributed by atoms with Gasteiger partial charge in [0, 0.05) is 29.8 Å². The number of hydrogen-bond donors (Lipinski definition) is 0. The lowest BCUT2D eigenvalue weighted by Gasteiger charge is -2.23. The van der Waals surface area contributed by atoms with Crippen LogP contribution in [0.4, 0.5) is 5.69 Å². The van der Waals surface area contributed by atoms with Crippen LogP contribution < -0.4 is 9.64 Å². The summed E-state index contributed by atoms with van der Waals surface area (Å²) in [6.45, 7) is 1.02. The Labute approximate surface area is 191 Å². The first kappa shape index (κ1) is 21.8. The van der Waals surface area contributed by atoms with E-state index >= 15 is 0 Å². The summed E-state index contributed by atoms with van der Waals surface area (Å²) < 4.78 is 5.23. The first-order valence-electron chi connectivity index (χ1n) is 10.5. The maximum atomic E-state index is 13.1. The van der Waals surface area contributed by atoms with Crippen LogP contribution in [-0.4, -0.2) is 36.2 Å². The molecular formula is C25H25N3O3S. The molecule has 2 aromatic carbocycles. The highest BCUT2D eigenvalue weighted by Crippen LogP contribution is 2.24. The zero-order valence-corrected chi connectivity index (χ0v) is 18.8. The molecule has 1 aromatic heterocycles. The molecule has 2 heterocycles. The van der Waals surface area contributed by atoms with Crippen molar-refractivity contribution in [1.29, 1.82) is 0 Å². The largest absolute Gasteiger partial charge is 0.497 e. The summed E-state index contributed by atoms with van der Waals surface area (Å²) in [4.78, 5) is 28.6. The van der Waals surface area contributed by atoms with Gasteiger partial charge in [-0.05, 0) is 41.3 Å².